The molecule has 1 rings (SSSR count). The van der Waals surface area contributed by atoms with Crippen molar-refractivity contribution in [2.75, 3.05) is 0 Å². The fourth-order valence-corrected chi connectivity index (χ4v) is 0.336. The number of rotatable bonds is 0. The zero-order valence-corrected chi connectivity index (χ0v) is 4.21. The van der Waals surface area contributed by atoms with Crippen LogP contribution in [0.3, 0.4) is 0 Å². The summed E-state index contributed by atoms with van der Waals surface area (Å²) in [6, 6.07) is -1.84. The zero-order valence-electron chi connectivity index (χ0n) is 4.21. The van der Waals surface area contributed by atoms with Crippen LogP contribution in [0.1, 0.15) is 0 Å². The average molecular weight is 132 g/mol. The zero-order chi connectivity index (χ0) is 6.85. The van der Waals surface area contributed by atoms with Crippen LogP contribution in [0.15, 0.2) is 0 Å². The van der Waals surface area contributed by atoms with Crippen LogP contribution in [0.2, 0.25) is 0 Å². The van der Waals surface area contributed by atoms with E-state index >= 15 is 0 Å². The first-order valence-electron chi connectivity index (χ1n) is 2.06. The van der Waals surface area contributed by atoms with Gasteiger partial charge in [-0.3, -0.25) is 16.1 Å². The third-order valence-corrected chi connectivity index (χ3v) is 0.724. The largest absolute Gasteiger partial charge is 0.365 e. The van der Waals surface area contributed by atoms with Gasteiger partial charge in [-0.2, -0.15) is 0 Å². The number of hydroxylamine groups is 2. The molecule has 0 bridgehead atoms. The molecule has 0 unspecified atom stereocenters. The number of amides is 4. The van der Waals surface area contributed by atoms with Gasteiger partial charge in [-0.1, -0.05) is 0 Å². The van der Waals surface area contributed by atoms with Crippen molar-refractivity contribution in [1.82, 2.24) is 21.4 Å². The van der Waals surface area contributed by atoms with Gasteiger partial charge >= 0.3 is 12.1 Å². The van der Waals surface area contributed by atoms with Crippen molar-refractivity contribution in [2.45, 2.75) is 0 Å². The molecule has 1 heterocycles. The van der Waals surface area contributed by atoms with E-state index in [1.54, 1.807) is 0 Å². The molecule has 1 aliphatic heterocycles. The average Bonchev–Trinajstić information content (AvgIpc) is 1.83. The molecule has 1 saturated heterocycles. The molecule has 0 saturated carbocycles. The maximum Gasteiger partial charge on any atom is 0.365 e. The number of carbonyl (C=O) groups excluding carboxylic acids is 2. The van der Waals surface area contributed by atoms with Gasteiger partial charge in [-0.25, -0.2) is 9.59 Å². The predicted molar refractivity (Wildman–Crippen MR) is 23.8 cm³/mol. The number of imide groups is 1. The van der Waals surface area contributed by atoms with E-state index in [0.717, 1.165) is 0 Å². The van der Waals surface area contributed by atoms with Gasteiger partial charge < -0.3 is 0 Å². The van der Waals surface area contributed by atoms with Crippen molar-refractivity contribution >= 4 is 12.1 Å². The lowest BCUT2D eigenvalue weighted by molar-refractivity contribution is -0.0159. The van der Waals surface area contributed by atoms with Gasteiger partial charge in [0.1, 0.15) is 0 Å². The summed E-state index contributed by atoms with van der Waals surface area (Å²) in [7, 11) is 0. The van der Waals surface area contributed by atoms with E-state index in [0.29, 0.717) is 0 Å². The summed E-state index contributed by atoms with van der Waals surface area (Å²) >= 11 is 0. The van der Waals surface area contributed by atoms with Gasteiger partial charge in [-0.05, 0) is 0 Å². The molecular formula is C2H4N4O3. The van der Waals surface area contributed by atoms with E-state index < -0.39 is 12.1 Å². The molecule has 0 aromatic heterocycles. The van der Waals surface area contributed by atoms with Crippen LogP contribution in [0, 0.1) is 0 Å². The fourth-order valence-electron chi connectivity index (χ4n) is 0.336. The van der Waals surface area contributed by atoms with Gasteiger partial charge in [0, 0.05) is 0 Å². The highest BCUT2D eigenvalue weighted by molar-refractivity contribution is 5.93. The normalized spacial score (nSPS) is 19.0. The van der Waals surface area contributed by atoms with Gasteiger partial charge in [0.25, 0.3) is 0 Å². The topological polar surface area (TPSA) is 93.7 Å². The van der Waals surface area contributed by atoms with Gasteiger partial charge in [0.05, 0.1) is 0 Å². The molecule has 0 atom stereocenters. The van der Waals surface area contributed by atoms with Crippen molar-refractivity contribution in [3.05, 3.63) is 0 Å². The number of hydrogen-bond donors (Lipinski definition) is 4. The Morgan fingerprint density at radius 2 is 1.67 bits per heavy atom. The molecule has 0 radical (unpaired) electrons. The lowest BCUT2D eigenvalue weighted by Crippen LogP contribution is -2.63. The first-order valence-corrected chi connectivity index (χ1v) is 2.06. The Kier molecular flexibility index (Phi) is 1.21. The molecule has 7 nitrogen and oxygen atoms in total. The summed E-state index contributed by atoms with van der Waals surface area (Å²) in [5.41, 5.74) is 5.85. The smallest absolute Gasteiger partial charge is 0.276 e. The molecule has 0 aromatic carbocycles. The molecule has 0 aromatic rings. The molecule has 0 spiro atoms. The summed E-state index contributed by atoms with van der Waals surface area (Å²) in [4.78, 5) is 20.5. The van der Waals surface area contributed by atoms with Crippen molar-refractivity contribution in [2.24, 2.45) is 0 Å². The molecule has 1 aliphatic rings. The Balaban J connectivity index is 2.62. The molecule has 4 N–H and O–H groups in total. The first-order chi connectivity index (χ1) is 4.22. The van der Waals surface area contributed by atoms with E-state index in [-0.39, 0.29) is 5.06 Å². The standard InChI is InChI=1S/C2H4N4O3/c7-1-3-5-4-2(8)6(1)9/h5,9H,(H,3,7)(H,4,8). The Hall–Kier alpha value is -1.34. The highest BCUT2D eigenvalue weighted by Gasteiger charge is 2.22. The SMILES string of the molecule is O=C1NNNC(=O)N1O. The lowest BCUT2D eigenvalue weighted by atomic mass is 10.8. The second-order valence-electron chi connectivity index (χ2n) is 1.30. The van der Waals surface area contributed by atoms with E-state index in [2.05, 4.69) is 0 Å². The second-order valence-corrected chi connectivity index (χ2v) is 1.30. The van der Waals surface area contributed by atoms with E-state index in [1.165, 1.54) is 0 Å². The predicted octanol–water partition coefficient (Wildman–Crippen LogP) is -1.47. The quantitative estimate of drug-likeness (QED) is 0.303. The van der Waals surface area contributed by atoms with Crippen molar-refractivity contribution < 1.29 is 14.8 Å². The molecule has 0 aliphatic carbocycles. The van der Waals surface area contributed by atoms with Gasteiger partial charge in [0.2, 0.25) is 0 Å². The van der Waals surface area contributed by atoms with Crippen LogP contribution < -0.4 is 16.4 Å². The van der Waals surface area contributed by atoms with E-state index in [9.17, 15) is 9.59 Å². The number of hydrazine groups is 2. The summed E-state index contributed by atoms with van der Waals surface area (Å²) in [6.45, 7) is 0. The van der Waals surface area contributed by atoms with Crippen molar-refractivity contribution in [3.8, 4) is 0 Å². The summed E-state index contributed by atoms with van der Waals surface area (Å²) in [5.74, 6) is 0. The fraction of sp³-hybridized carbons (Fsp3) is 0. The van der Waals surface area contributed by atoms with Gasteiger partial charge in [-0.15, -0.1) is 10.6 Å². The summed E-state index contributed by atoms with van der Waals surface area (Å²) in [5, 5.41) is 8.33. The lowest BCUT2D eigenvalue weighted by Gasteiger charge is -2.20. The van der Waals surface area contributed by atoms with Crippen LogP contribution in [0.4, 0.5) is 9.59 Å². The Morgan fingerprint density at radius 1 is 1.22 bits per heavy atom. The Labute approximate surface area is 49.5 Å². The number of hydrogen-bond acceptors (Lipinski definition) is 4. The maximum atomic E-state index is 10.2. The monoisotopic (exact) mass is 132 g/mol. The van der Waals surface area contributed by atoms with Crippen LogP contribution >= 0.6 is 0 Å². The highest BCUT2D eigenvalue weighted by Crippen LogP contribution is 1.85. The van der Waals surface area contributed by atoms with E-state index in [4.69, 9.17) is 5.21 Å². The van der Waals surface area contributed by atoms with Crippen LogP contribution in [-0.2, 0) is 0 Å². The summed E-state index contributed by atoms with van der Waals surface area (Å²) < 4.78 is 0. The number of urea groups is 2. The minimum atomic E-state index is -0.918. The molecule has 1 fully saturated rings. The third-order valence-electron chi connectivity index (χ3n) is 0.724. The molecule has 9 heavy (non-hydrogen) atoms. The van der Waals surface area contributed by atoms with Crippen LogP contribution in [-0.4, -0.2) is 22.3 Å². The molecule has 7 heteroatoms. The van der Waals surface area contributed by atoms with Crippen LogP contribution in [0.25, 0.3) is 0 Å². The second kappa shape index (κ2) is 1.88. The molecular weight excluding hydrogens is 128 g/mol. The number of nitrogens with one attached hydrogen (secondary N) is 3. The third kappa shape index (κ3) is 0.902. The first kappa shape index (κ1) is 5.79. The Bertz CT molecular complexity index is 140. The van der Waals surface area contributed by atoms with E-state index in [1.807, 2.05) is 16.4 Å². The number of nitrogens with zero attached hydrogens (tertiary/aromatic N) is 1. The maximum absolute atomic E-state index is 10.2. The van der Waals surface area contributed by atoms with Crippen molar-refractivity contribution in [1.29, 1.82) is 0 Å². The molecule has 50 valence electrons. The Morgan fingerprint density at radius 3 is 2.00 bits per heavy atom. The van der Waals surface area contributed by atoms with Crippen LogP contribution in [0.5, 0.6) is 0 Å². The minimum Gasteiger partial charge on any atom is -0.276 e. The van der Waals surface area contributed by atoms with Gasteiger partial charge in [0.15, 0.2) is 0 Å². The highest BCUT2D eigenvalue weighted by atomic mass is 16.5. The number of carbonyl (C=O) groups is 2. The van der Waals surface area contributed by atoms with Crippen molar-refractivity contribution in [3.63, 3.8) is 0 Å². The molecule has 4 amide bonds. The summed E-state index contributed by atoms with van der Waals surface area (Å²) in [6.07, 6.45) is 0. The minimum absolute atomic E-state index is 0.0868.